The van der Waals surface area contributed by atoms with Gasteiger partial charge in [-0.05, 0) is 25.5 Å². The molecule has 0 aliphatic rings. The summed E-state index contributed by atoms with van der Waals surface area (Å²) in [6, 6.07) is 9.99. The van der Waals surface area contributed by atoms with Crippen LogP contribution in [-0.2, 0) is 20.9 Å². The highest BCUT2D eigenvalue weighted by Crippen LogP contribution is 2.15. The fourth-order valence-electron chi connectivity index (χ4n) is 2.27. The van der Waals surface area contributed by atoms with Gasteiger partial charge in [-0.2, -0.15) is 0 Å². The number of hydrogen-bond acceptors (Lipinski definition) is 4. The van der Waals surface area contributed by atoms with Gasteiger partial charge in [0.2, 0.25) is 0 Å². The maximum absolute atomic E-state index is 11.9. The number of carbonyl (C=O) groups excluding carboxylic acids is 2. The molecule has 0 amide bonds. The first-order valence-corrected chi connectivity index (χ1v) is 7.53. The van der Waals surface area contributed by atoms with Gasteiger partial charge >= 0.3 is 5.97 Å². The summed E-state index contributed by atoms with van der Waals surface area (Å²) in [4.78, 5) is 27.1. The molecule has 0 saturated heterocycles. The van der Waals surface area contributed by atoms with Crippen molar-refractivity contribution in [3.63, 3.8) is 0 Å². The van der Waals surface area contributed by atoms with E-state index in [9.17, 15) is 9.59 Å². The zero-order valence-electron chi connectivity index (χ0n) is 13.4. The van der Waals surface area contributed by atoms with E-state index in [1.54, 1.807) is 19.2 Å². The molecule has 2 aromatic rings. The molecule has 1 heterocycles. The van der Waals surface area contributed by atoms with Gasteiger partial charge in [0.1, 0.15) is 12.1 Å². The maximum Gasteiger partial charge on any atom is 0.334 e. The Hall–Kier alpha value is -2.69. The smallest absolute Gasteiger partial charge is 0.334 e. The van der Waals surface area contributed by atoms with Crippen LogP contribution in [-0.4, -0.2) is 28.4 Å². The number of aryl methyl sites for hydroxylation is 1. The van der Waals surface area contributed by atoms with Crippen LogP contribution < -0.4 is 0 Å². The number of benzene rings is 1. The lowest BCUT2D eigenvalue weighted by atomic mass is 10.1. The first-order chi connectivity index (χ1) is 11.2. The molecule has 0 N–H and O–H groups in total. The van der Waals surface area contributed by atoms with Crippen molar-refractivity contribution >= 4 is 18.3 Å². The van der Waals surface area contributed by atoms with Gasteiger partial charge in [0.05, 0.1) is 18.5 Å². The molecule has 5 heteroatoms. The monoisotopic (exact) mass is 312 g/mol. The van der Waals surface area contributed by atoms with Crippen molar-refractivity contribution in [3.8, 4) is 0 Å². The third-order valence-electron chi connectivity index (χ3n) is 3.43. The fourth-order valence-corrected chi connectivity index (χ4v) is 2.27. The van der Waals surface area contributed by atoms with Gasteiger partial charge in [0.25, 0.3) is 0 Å². The molecule has 0 aliphatic heterocycles. The van der Waals surface area contributed by atoms with E-state index in [0.29, 0.717) is 18.4 Å². The molecule has 0 unspecified atom stereocenters. The molecule has 0 bridgehead atoms. The van der Waals surface area contributed by atoms with Gasteiger partial charge in [-0.15, -0.1) is 0 Å². The van der Waals surface area contributed by atoms with Crippen LogP contribution in [0.4, 0.5) is 0 Å². The molecule has 1 aromatic carbocycles. The van der Waals surface area contributed by atoms with Crippen molar-refractivity contribution in [1.82, 2.24) is 9.55 Å². The van der Waals surface area contributed by atoms with Gasteiger partial charge in [0, 0.05) is 18.5 Å². The maximum atomic E-state index is 11.9. The molecule has 0 radical (unpaired) electrons. The number of aromatic nitrogens is 2. The van der Waals surface area contributed by atoms with E-state index in [2.05, 4.69) is 4.98 Å². The van der Waals surface area contributed by atoms with Crippen LogP contribution in [0.1, 0.15) is 30.4 Å². The number of imidazole rings is 1. The second-order valence-electron chi connectivity index (χ2n) is 5.06. The van der Waals surface area contributed by atoms with Crippen molar-refractivity contribution in [2.24, 2.45) is 0 Å². The van der Waals surface area contributed by atoms with E-state index in [1.807, 2.05) is 41.8 Å². The molecule has 0 atom stereocenters. The van der Waals surface area contributed by atoms with Crippen LogP contribution in [0.2, 0.25) is 0 Å². The lowest BCUT2D eigenvalue weighted by molar-refractivity contribution is -0.138. The zero-order chi connectivity index (χ0) is 16.7. The van der Waals surface area contributed by atoms with Gasteiger partial charge < -0.3 is 14.1 Å². The first-order valence-electron chi connectivity index (χ1n) is 7.53. The molecule has 120 valence electrons. The lowest BCUT2D eigenvalue weighted by Gasteiger charge is -2.09. The predicted molar refractivity (Wildman–Crippen MR) is 87.8 cm³/mol. The van der Waals surface area contributed by atoms with E-state index in [4.69, 9.17) is 4.74 Å². The van der Waals surface area contributed by atoms with Crippen LogP contribution in [0.5, 0.6) is 0 Å². The highest BCUT2D eigenvalue weighted by Gasteiger charge is 2.13. The Kier molecular flexibility index (Phi) is 5.86. The number of hydrogen-bond donors (Lipinski definition) is 0. The highest BCUT2D eigenvalue weighted by molar-refractivity contribution is 5.96. The molecular weight excluding hydrogens is 292 g/mol. The number of carbonyl (C=O) groups is 2. The third-order valence-corrected chi connectivity index (χ3v) is 3.43. The summed E-state index contributed by atoms with van der Waals surface area (Å²) >= 11 is 0. The van der Waals surface area contributed by atoms with Gasteiger partial charge in [-0.25, -0.2) is 9.78 Å². The summed E-state index contributed by atoms with van der Waals surface area (Å²) in [7, 11) is 0. The molecule has 5 nitrogen and oxygen atoms in total. The Morgan fingerprint density at radius 1 is 1.30 bits per heavy atom. The van der Waals surface area contributed by atoms with Crippen LogP contribution >= 0.6 is 0 Å². The van der Waals surface area contributed by atoms with Crippen molar-refractivity contribution < 1.29 is 14.3 Å². The van der Waals surface area contributed by atoms with E-state index < -0.39 is 5.97 Å². The number of ether oxygens (including phenoxy) is 1. The van der Waals surface area contributed by atoms with Crippen LogP contribution in [0.25, 0.3) is 6.08 Å². The van der Waals surface area contributed by atoms with Gasteiger partial charge in [0.15, 0.2) is 0 Å². The largest absolute Gasteiger partial charge is 0.463 e. The minimum absolute atomic E-state index is 0.0222. The van der Waals surface area contributed by atoms with Crippen molar-refractivity contribution in [1.29, 1.82) is 0 Å². The Bertz CT molecular complexity index is 702. The summed E-state index contributed by atoms with van der Waals surface area (Å²) in [6.07, 6.45) is 4.10. The number of rotatable bonds is 7. The highest BCUT2D eigenvalue weighted by atomic mass is 16.5. The number of nitrogens with zero attached hydrogens (tertiary/aromatic N) is 2. The quantitative estimate of drug-likeness (QED) is 0.448. The minimum atomic E-state index is -0.468. The lowest BCUT2D eigenvalue weighted by Crippen LogP contribution is -2.09. The average molecular weight is 312 g/mol. The second kappa shape index (κ2) is 8.08. The molecule has 0 saturated carbocycles. The molecule has 1 aromatic heterocycles. The first kappa shape index (κ1) is 16.7. The Morgan fingerprint density at radius 3 is 2.70 bits per heavy atom. The van der Waals surface area contributed by atoms with Gasteiger partial charge in [-0.1, -0.05) is 30.3 Å². The summed E-state index contributed by atoms with van der Waals surface area (Å²) in [5.41, 5.74) is 2.24. The summed E-state index contributed by atoms with van der Waals surface area (Å²) in [5.74, 6) is 0.374. The van der Waals surface area contributed by atoms with Gasteiger partial charge in [-0.3, -0.25) is 0 Å². The number of esters is 1. The SMILES string of the molecule is CCOC(=O)C(=Cc1cnc(C)n1Cc1ccccc1)CC=O. The third kappa shape index (κ3) is 4.39. The van der Waals surface area contributed by atoms with E-state index >= 15 is 0 Å². The average Bonchev–Trinajstić information content (AvgIpc) is 2.89. The Morgan fingerprint density at radius 2 is 2.04 bits per heavy atom. The van der Waals surface area contributed by atoms with E-state index in [-0.39, 0.29) is 13.0 Å². The molecule has 0 fully saturated rings. The molecule has 2 rings (SSSR count). The molecular formula is C18H20N2O3. The summed E-state index contributed by atoms with van der Waals surface area (Å²) in [6.45, 7) is 4.57. The van der Waals surface area contributed by atoms with Crippen molar-refractivity contribution in [3.05, 3.63) is 59.2 Å². The Balaban J connectivity index is 2.33. The Labute approximate surface area is 135 Å². The molecule has 23 heavy (non-hydrogen) atoms. The normalized spacial score (nSPS) is 11.3. The van der Waals surface area contributed by atoms with E-state index in [0.717, 1.165) is 17.1 Å². The summed E-state index contributed by atoms with van der Waals surface area (Å²) < 4.78 is 7.00. The summed E-state index contributed by atoms with van der Waals surface area (Å²) in [5, 5.41) is 0. The predicted octanol–water partition coefficient (Wildman–Crippen LogP) is 2.78. The topological polar surface area (TPSA) is 61.2 Å². The van der Waals surface area contributed by atoms with Crippen LogP contribution in [0.15, 0.2) is 42.1 Å². The second-order valence-corrected chi connectivity index (χ2v) is 5.06. The zero-order valence-corrected chi connectivity index (χ0v) is 13.4. The van der Waals surface area contributed by atoms with Crippen LogP contribution in [0.3, 0.4) is 0 Å². The number of aldehydes is 1. The van der Waals surface area contributed by atoms with E-state index in [1.165, 1.54) is 0 Å². The molecule has 0 aliphatic carbocycles. The minimum Gasteiger partial charge on any atom is -0.463 e. The van der Waals surface area contributed by atoms with Crippen molar-refractivity contribution in [2.45, 2.75) is 26.8 Å². The molecule has 0 spiro atoms. The fraction of sp³-hybridized carbons (Fsp3) is 0.278. The van der Waals surface area contributed by atoms with Crippen LogP contribution in [0, 0.1) is 6.92 Å². The standard InChI is InChI=1S/C18H20N2O3/c1-3-23-18(22)16(9-10-21)11-17-12-19-14(2)20(17)13-15-7-5-4-6-8-15/h4-8,10-12H,3,9,13H2,1-2H3. The van der Waals surface area contributed by atoms with Crippen molar-refractivity contribution in [2.75, 3.05) is 6.61 Å².